The molecule has 0 amide bonds. The fourth-order valence-electron chi connectivity index (χ4n) is 3.07. The number of benzene rings is 1. The van der Waals surface area contributed by atoms with Gasteiger partial charge in [0.25, 0.3) is 0 Å². The molecule has 1 aromatic carbocycles. The van der Waals surface area contributed by atoms with Crippen LogP contribution in [0.25, 0.3) is 11.3 Å². The van der Waals surface area contributed by atoms with Gasteiger partial charge in [0.05, 0.1) is 5.69 Å². The molecule has 0 aliphatic heterocycles. The molecule has 134 valence electrons. The van der Waals surface area contributed by atoms with Gasteiger partial charge in [-0.2, -0.15) is 0 Å². The summed E-state index contributed by atoms with van der Waals surface area (Å²) in [7, 11) is 0. The number of aromatic nitrogens is 1. The van der Waals surface area contributed by atoms with Crippen molar-refractivity contribution in [1.29, 1.82) is 0 Å². The largest absolute Gasteiger partial charge is 0.478 e. The molecule has 0 radical (unpaired) electrons. The van der Waals surface area contributed by atoms with Crippen LogP contribution in [0, 0.1) is 0 Å². The second-order valence-corrected chi connectivity index (χ2v) is 7.17. The first kappa shape index (κ1) is 17.7. The summed E-state index contributed by atoms with van der Waals surface area (Å²) in [5, 5.41) is 2.40. The van der Waals surface area contributed by atoms with Crippen molar-refractivity contribution in [3.8, 4) is 17.0 Å². The van der Waals surface area contributed by atoms with E-state index in [0.717, 1.165) is 36.9 Å². The van der Waals surface area contributed by atoms with Crippen molar-refractivity contribution in [3.63, 3.8) is 0 Å². The Balaban J connectivity index is 1.72. The zero-order chi connectivity index (χ0) is 17.6. The average Bonchev–Trinajstić information content (AvgIpc) is 3.07. The van der Waals surface area contributed by atoms with Crippen molar-refractivity contribution in [2.45, 2.75) is 57.7 Å². The Hall–Kier alpha value is -2.08. The first-order valence-corrected chi connectivity index (χ1v) is 9.73. The van der Waals surface area contributed by atoms with Gasteiger partial charge >= 0.3 is 5.97 Å². The number of nitrogen functional groups attached to an aromatic ring is 1. The van der Waals surface area contributed by atoms with Crippen LogP contribution in [0.2, 0.25) is 0 Å². The molecule has 25 heavy (non-hydrogen) atoms. The van der Waals surface area contributed by atoms with Crippen LogP contribution >= 0.6 is 11.3 Å². The molecule has 5 nitrogen and oxygen atoms in total. The van der Waals surface area contributed by atoms with Crippen molar-refractivity contribution >= 4 is 22.4 Å². The number of esters is 1. The highest BCUT2D eigenvalue weighted by atomic mass is 32.1. The number of hydrogen-bond acceptors (Lipinski definition) is 6. The molecule has 1 fully saturated rings. The van der Waals surface area contributed by atoms with Crippen LogP contribution in [-0.4, -0.2) is 23.2 Å². The van der Waals surface area contributed by atoms with Gasteiger partial charge in [-0.3, -0.25) is 0 Å². The fraction of sp³-hybridized carbons (Fsp3) is 0.474. The number of para-hydroxylation sites is 1. The van der Waals surface area contributed by atoms with Gasteiger partial charge in [-0.25, -0.2) is 9.78 Å². The highest BCUT2D eigenvalue weighted by molar-refractivity contribution is 7.13. The summed E-state index contributed by atoms with van der Waals surface area (Å²) in [6, 6.07) is 7.57. The fourth-order valence-corrected chi connectivity index (χ4v) is 3.63. The number of carbonyl (C=O) groups excluding carboxylic acids is 1. The molecule has 1 aromatic heterocycles. The molecule has 3 rings (SSSR count). The Morgan fingerprint density at radius 1 is 1.32 bits per heavy atom. The molecule has 0 spiro atoms. The number of thiazole rings is 1. The van der Waals surface area contributed by atoms with Crippen molar-refractivity contribution in [3.05, 3.63) is 29.6 Å². The minimum atomic E-state index is -0.612. The lowest BCUT2D eigenvalue weighted by molar-refractivity contribution is -0.159. The van der Waals surface area contributed by atoms with Gasteiger partial charge in [0.2, 0.25) is 0 Å². The number of hydrogen-bond donors (Lipinski definition) is 1. The van der Waals surface area contributed by atoms with Crippen LogP contribution in [0.4, 0.5) is 5.13 Å². The average molecular weight is 360 g/mol. The zero-order valence-corrected chi connectivity index (χ0v) is 15.3. The first-order valence-electron chi connectivity index (χ1n) is 8.85. The lowest BCUT2D eigenvalue weighted by Crippen LogP contribution is -2.33. The molecule has 0 bridgehead atoms. The molecule has 2 aromatic rings. The van der Waals surface area contributed by atoms with E-state index < -0.39 is 6.10 Å². The molecule has 1 atom stereocenters. The number of nitrogens with zero attached hydrogens (tertiary/aromatic N) is 1. The Labute approximate surface area is 152 Å². The monoisotopic (exact) mass is 360 g/mol. The number of carbonyl (C=O) groups is 1. The summed E-state index contributed by atoms with van der Waals surface area (Å²) in [6.07, 6.45) is 5.37. The molecule has 1 aliphatic rings. The Morgan fingerprint density at radius 3 is 2.76 bits per heavy atom. The van der Waals surface area contributed by atoms with Gasteiger partial charge in [-0.05, 0) is 44.2 Å². The highest BCUT2D eigenvalue weighted by Gasteiger charge is 2.26. The summed E-state index contributed by atoms with van der Waals surface area (Å²) >= 11 is 1.38. The Kier molecular flexibility index (Phi) is 5.91. The summed E-state index contributed by atoms with van der Waals surface area (Å²) in [5.74, 6) is 0.349. The van der Waals surface area contributed by atoms with Crippen LogP contribution in [0.15, 0.2) is 29.6 Å². The molecule has 6 heteroatoms. The smallest absolute Gasteiger partial charge is 0.347 e. The standard InChI is InChI=1S/C19H24N2O3S/c1-2-16(18(22)23-13-8-4-3-5-9-13)24-17-11-7-6-10-14(17)15-12-25-19(20)21-15/h6-7,10-13,16H,2-5,8-9H2,1H3,(H2,20,21). The molecule has 1 heterocycles. The SMILES string of the molecule is CCC(Oc1ccccc1-c1csc(N)n1)C(=O)OC1CCCCC1. The van der Waals surface area contributed by atoms with Crippen LogP contribution in [-0.2, 0) is 9.53 Å². The van der Waals surface area contributed by atoms with Gasteiger partial charge < -0.3 is 15.2 Å². The number of ether oxygens (including phenoxy) is 2. The summed E-state index contributed by atoms with van der Waals surface area (Å²) < 4.78 is 11.7. The van der Waals surface area contributed by atoms with E-state index in [4.69, 9.17) is 15.2 Å². The number of anilines is 1. The maximum atomic E-state index is 12.5. The van der Waals surface area contributed by atoms with E-state index >= 15 is 0 Å². The van der Waals surface area contributed by atoms with Crippen molar-refractivity contribution in [2.24, 2.45) is 0 Å². The maximum Gasteiger partial charge on any atom is 0.347 e. The van der Waals surface area contributed by atoms with Gasteiger partial charge in [0, 0.05) is 10.9 Å². The van der Waals surface area contributed by atoms with E-state index in [0.29, 0.717) is 17.3 Å². The van der Waals surface area contributed by atoms with Gasteiger partial charge in [-0.1, -0.05) is 25.5 Å². The lowest BCUT2D eigenvalue weighted by atomic mass is 9.98. The zero-order valence-electron chi connectivity index (χ0n) is 14.4. The van der Waals surface area contributed by atoms with Crippen molar-refractivity contribution in [2.75, 3.05) is 5.73 Å². The Bertz CT molecular complexity index is 710. The number of rotatable bonds is 6. The minimum absolute atomic E-state index is 0.0347. The van der Waals surface area contributed by atoms with E-state index in [1.165, 1.54) is 17.8 Å². The summed E-state index contributed by atoms with van der Waals surface area (Å²) in [4.78, 5) is 16.8. The predicted octanol–water partition coefficient (Wildman–Crippen LogP) is 4.43. The lowest BCUT2D eigenvalue weighted by Gasteiger charge is -2.25. The van der Waals surface area contributed by atoms with Gasteiger partial charge in [0.15, 0.2) is 11.2 Å². The normalized spacial score (nSPS) is 16.4. The minimum Gasteiger partial charge on any atom is -0.478 e. The second kappa shape index (κ2) is 8.34. The quantitative estimate of drug-likeness (QED) is 0.772. The molecule has 1 unspecified atom stereocenters. The number of nitrogens with two attached hydrogens (primary N) is 1. The van der Waals surface area contributed by atoms with E-state index in [1.54, 1.807) is 0 Å². The topological polar surface area (TPSA) is 74.4 Å². The van der Waals surface area contributed by atoms with Crippen molar-refractivity contribution in [1.82, 2.24) is 4.98 Å². The van der Waals surface area contributed by atoms with Gasteiger partial charge in [-0.15, -0.1) is 11.3 Å². The third-order valence-electron chi connectivity index (χ3n) is 4.42. The molecule has 0 saturated heterocycles. The first-order chi connectivity index (χ1) is 12.2. The molecular weight excluding hydrogens is 336 g/mol. The summed E-state index contributed by atoms with van der Waals surface area (Å²) in [6.45, 7) is 1.93. The molecular formula is C19H24N2O3S. The molecule has 2 N–H and O–H groups in total. The Morgan fingerprint density at radius 2 is 2.08 bits per heavy atom. The highest BCUT2D eigenvalue weighted by Crippen LogP contribution is 2.32. The van der Waals surface area contributed by atoms with E-state index in [2.05, 4.69) is 4.98 Å². The third-order valence-corrected chi connectivity index (χ3v) is 5.10. The van der Waals surface area contributed by atoms with Crippen molar-refractivity contribution < 1.29 is 14.3 Å². The molecule has 1 saturated carbocycles. The van der Waals surface area contributed by atoms with E-state index in [9.17, 15) is 4.79 Å². The third kappa shape index (κ3) is 4.51. The van der Waals surface area contributed by atoms with Crippen LogP contribution < -0.4 is 10.5 Å². The summed E-state index contributed by atoms with van der Waals surface area (Å²) in [5.41, 5.74) is 7.33. The predicted molar refractivity (Wildman–Crippen MR) is 99.6 cm³/mol. The van der Waals surface area contributed by atoms with E-state index in [-0.39, 0.29) is 12.1 Å². The second-order valence-electron chi connectivity index (χ2n) is 6.28. The maximum absolute atomic E-state index is 12.5. The van der Waals surface area contributed by atoms with Crippen LogP contribution in [0.5, 0.6) is 5.75 Å². The van der Waals surface area contributed by atoms with Crippen LogP contribution in [0.1, 0.15) is 45.4 Å². The van der Waals surface area contributed by atoms with Crippen LogP contribution in [0.3, 0.4) is 0 Å². The van der Waals surface area contributed by atoms with Gasteiger partial charge in [0.1, 0.15) is 11.9 Å². The van der Waals surface area contributed by atoms with E-state index in [1.807, 2.05) is 36.6 Å². The molecule has 1 aliphatic carbocycles.